The van der Waals surface area contributed by atoms with Crippen LogP contribution in [0.2, 0.25) is 0 Å². The van der Waals surface area contributed by atoms with E-state index < -0.39 is 23.9 Å². The Bertz CT molecular complexity index is 1150. The Balaban J connectivity index is 1.73. The fourth-order valence-corrected chi connectivity index (χ4v) is 3.63. The zero-order chi connectivity index (χ0) is 25.2. The maximum absolute atomic E-state index is 13.2. The van der Waals surface area contributed by atoms with Crippen molar-refractivity contribution in [1.29, 1.82) is 0 Å². The van der Waals surface area contributed by atoms with Gasteiger partial charge in [-0.1, -0.05) is 48.5 Å². The second-order valence-corrected chi connectivity index (χ2v) is 8.03. The largest absolute Gasteiger partial charge is 0.340 e. The van der Waals surface area contributed by atoms with E-state index in [1.54, 1.807) is 42.6 Å². The molecule has 10 nitrogen and oxygen atoms in total. The predicted molar refractivity (Wildman–Crippen MR) is 135 cm³/mol. The van der Waals surface area contributed by atoms with Crippen LogP contribution in [0.15, 0.2) is 66.9 Å². The van der Waals surface area contributed by atoms with Crippen LogP contribution in [-0.4, -0.2) is 59.8 Å². The van der Waals surface area contributed by atoms with Gasteiger partial charge in [0.25, 0.3) is 5.91 Å². The average molecular weight is 478 g/mol. The molecule has 0 fully saturated rings. The van der Waals surface area contributed by atoms with Gasteiger partial charge in [-0.05, 0) is 17.7 Å². The fraction of sp³-hybridized carbons (Fsp3) is 0.280. The highest BCUT2D eigenvalue weighted by atomic mass is 16.2. The molecular formula is C25H31N7O3. The third kappa shape index (κ3) is 7.06. The van der Waals surface area contributed by atoms with Gasteiger partial charge in [0.1, 0.15) is 6.04 Å². The Hall–Kier alpha value is -3.86. The molecule has 0 unspecified atom stereocenters. The SMILES string of the molecule is NCCN(CCN)C(=O)C[C@H](N)C(=O)N[C@H](C(=O)Nc1cnc2ccccc2c1)c1ccccc1. The number of rotatable bonds is 11. The molecule has 3 amide bonds. The quantitative estimate of drug-likeness (QED) is 0.268. The summed E-state index contributed by atoms with van der Waals surface area (Å²) >= 11 is 0. The third-order valence-corrected chi connectivity index (χ3v) is 5.42. The van der Waals surface area contributed by atoms with Gasteiger partial charge in [-0.2, -0.15) is 0 Å². The third-order valence-electron chi connectivity index (χ3n) is 5.42. The van der Waals surface area contributed by atoms with Crippen LogP contribution >= 0.6 is 0 Å². The number of nitrogens with one attached hydrogen (secondary N) is 2. The Labute approximate surface area is 203 Å². The first-order valence-electron chi connectivity index (χ1n) is 11.4. The smallest absolute Gasteiger partial charge is 0.251 e. The van der Waals surface area contributed by atoms with Crippen LogP contribution in [0.25, 0.3) is 10.9 Å². The molecule has 35 heavy (non-hydrogen) atoms. The van der Waals surface area contributed by atoms with Crippen molar-refractivity contribution in [2.45, 2.75) is 18.5 Å². The molecule has 3 rings (SSSR count). The number of hydrogen-bond acceptors (Lipinski definition) is 7. The van der Waals surface area contributed by atoms with E-state index in [0.29, 0.717) is 24.3 Å². The lowest BCUT2D eigenvalue weighted by Crippen LogP contribution is -2.48. The molecule has 0 aliphatic heterocycles. The number of benzene rings is 2. The standard InChI is InChI=1S/C25H31N7O3/c26-10-12-32(13-11-27)22(33)15-20(28)24(34)31-23(17-6-2-1-3-7-17)25(35)30-19-14-18-8-4-5-9-21(18)29-16-19/h1-9,14,16,20,23H,10-13,15,26-28H2,(H,30,35)(H,31,34)/t20-,23-/m0/s1. The van der Waals surface area contributed by atoms with Crippen LogP contribution in [0.5, 0.6) is 0 Å². The van der Waals surface area contributed by atoms with E-state index in [-0.39, 0.29) is 25.4 Å². The normalized spacial score (nSPS) is 12.5. The van der Waals surface area contributed by atoms with Gasteiger partial charge in [0.2, 0.25) is 11.8 Å². The van der Waals surface area contributed by atoms with Crippen LogP contribution in [0.4, 0.5) is 5.69 Å². The number of carbonyl (C=O) groups excluding carboxylic acids is 3. The summed E-state index contributed by atoms with van der Waals surface area (Å²) in [6, 6.07) is 15.9. The summed E-state index contributed by atoms with van der Waals surface area (Å²) in [5, 5.41) is 6.36. The van der Waals surface area contributed by atoms with E-state index in [4.69, 9.17) is 17.2 Å². The molecule has 0 bridgehead atoms. The zero-order valence-electron chi connectivity index (χ0n) is 19.4. The van der Waals surface area contributed by atoms with Crippen molar-refractivity contribution >= 4 is 34.3 Å². The zero-order valence-corrected chi connectivity index (χ0v) is 19.4. The van der Waals surface area contributed by atoms with E-state index >= 15 is 0 Å². The number of fused-ring (bicyclic) bond motifs is 1. The van der Waals surface area contributed by atoms with Gasteiger partial charge < -0.3 is 32.7 Å². The van der Waals surface area contributed by atoms with E-state index in [1.165, 1.54) is 4.90 Å². The van der Waals surface area contributed by atoms with Gasteiger partial charge in [0.15, 0.2) is 0 Å². The number of para-hydroxylation sites is 1. The first kappa shape index (κ1) is 25.8. The minimum atomic E-state index is -1.15. The van der Waals surface area contributed by atoms with Crippen molar-refractivity contribution in [3.05, 3.63) is 72.4 Å². The molecule has 8 N–H and O–H groups in total. The lowest BCUT2D eigenvalue weighted by Gasteiger charge is -2.24. The Morgan fingerprint density at radius 2 is 1.57 bits per heavy atom. The highest BCUT2D eigenvalue weighted by Gasteiger charge is 2.27. The molecule has 184 valence electrons. The van der Waals surface area contributed by atoms with Crippen molar-refractivity contribution < 1.29 is 14.4 Å². The van der Waals surface area contributed by atoms with Crippen LogP contribution in [0.3, 0.4) is 0 Å². The molecule has 0 saturated heterocycles. The molecule has 0 aliphatic carbocycles. The second kappa shape index (κ2) is 12.6. The number of carbonyl (C=O) groups is 3. The second-order valence-electron chi connectivity index (χ2n) is 8.03. The van der Waals surface area contributed by atoms with Gasteiger partial charge in [-0.3, -0.25) is 19.4 Å². The predicted octanol–water partition coefficient (Wildman–Crippen LogP) is 0.494. The highest BCUT2D eigenvalue weighted by Crippen LogP contribution is 2.19. The van der Waals surface area contributed by atoms with E-state index in [2.05, 4.69) is 15.6 Å². The minimum absolute atomic E-state index is 0.233. The number of hydrogen-bond donors (Lipinski definition) is 5. The van der Waals surface area contributed by atoms with Crippen molar-refractivity contribution in [3.63, 3.8) is 0 Å². The molecule has 2 aromatic carbocycles. The minimum Gasteiger partial charge on any atom is -0.340 e. The molecule has 1 aromatic heterocycles. The number of nitrogens with zero attached hydrogens (tertiary/aromatic N) is 2. The van der Waals surface area contributed by atoms with Crippen LogP contribution in [-0.2, 0) is 14.4 Å². The molecule has 1 heterocycles. The molecule has 10 heteroatoms. The summed E-state index contributed by atoms with van der Waals surface area (Å²) in [4.78, 5) is 44.5. The van der Waals surface area contributed by atoms with E-state index in [1.807, 2.05) is 24.3 Å². The first-order chi connectivity index (χ1) is 16.9. The lowest BCUT2D eigenvalue weighted by molar-refractivity contribution is -0.134. The van der Waals surface area contributed by atoms with Gasteiger partial charge in [-0.15, -0.1) is 0 Å². The summed E-state index contributed by atoms with van der Waals surface area (Å²) in [7, 11) is 0. The maximum Gasteiger partial charge on any atom is 0.251 e. The van der Waals surface area contributed by atoms with Crippen molar-refractivity contribution in [2.24, 2.45) is 17.2 Å². The number of amides is 3. The summed E-state index contributed by atoms with van der Waals surface area (Å²) in [5.74, 6) is -1.42. The summed E-state index contributed by atoms with van der Waals surface area (Å²) in [6.07, 6.45) is 1.32. The summed E-state index contributed by atoms with van der Waals surface area (Å²) in [6.45, 7) is 1.18. The average Bonchev–Trinajstić information content (AvgIpc) is 2.87. The number of aromatic nitrogens is 1. The summed E-state index contributed by atoms with van der Waals surface area (Å²) < 4.78 is 0. The van der Waals surface area contributed by atoms with Crippen LogP contribution < -0.4 is 27.8 Å². The van der Waals surface area contributed by atoms with Gasteiger partial charge in [-0.25, -0.2) is 0 Å². The molecule has 2 atom stereocenters. The molecule has 0 saturated carbocycles. The van der Waals surface area contributed by atoms with Crippen LogP contribution in [0, 0.1) is 0 Å². The molecule has 0 radical (unpaired) electrons. The number of pyridine rings is 1. The maximum atomic E-state index is 13.2. The molecule has 3 aromatic rings. The number of anilines is 1. The molecule has 0 aliphatic rings. The Morgan fingerprint density at radius 1 is 0.914 bits per heavy atom. The highest BCUT2D eigenvalue weighted by molar-refractivity contribution is 6.00. The fourth-order valence-electron chi connectivity index (χ4n) is 3.63. The van der Waals surface area contributed by atoms with Crippen molar-refractivity contribution in [1.82, 2.24) is 15.2 Å². The van der Waals surface area contributed by atoms with E-state index in [9.17, 15) is 14.4 Å². The molecule has 0 spiro atoms. The number of nitrogens with two attached hydrogens (primary N) is 3. The van der Waals surface area contributed by atoms with Gasteiger partial charge in [0, 0.05) is 31.6 Å². The Morgan fingerprint density at radius 3 is 2.26 bits per heavy atom. The van der Waals surface area contributed by atoms with Crippen LogP contribution in [0.1, 0.15) is 18.0 Å². The van der Waals surface area contributed by atoms with Gasteiger partial charge in [0.05, 0.1) is 29.9 Å². The van der Waals surface area contributed by atoms with Crippen molar-refractivity contribution in [3.8, 4) is 0 Å². The van der Waals surface area contributed by atoms with E-state index in [0.717, 1.165) is 10.9 Å². The monoisotopic (exact) mass is 477 g/mol. The van der Waals surface area contributed by atoms with Crippen molar-refractivity contribution in [2.75, 3.05) is 31.5 Å². The van der Waals surface area contributed by atoms with Gasteiger partial charge >= 0.3 is 0 Å². The summed E-state index contributed by atoms with van der Waals surface area (Å²) in [5.41, 5.74) is 19.0. The lowest BCUT2D eigenvalue weighted by atomic mass is 10.0. The molecular weight excluding hydrogens is 446 g/mol. The topological polar surface area (TPSA) is 169 Å². The Kier molecular flexibility index (Phi) is 9.24. The first-order valence-corrected chi connectivity index (χ1v) is 11.4.